The van der Waals surface area contributed by atoms with Gasteiger partial charge in [0, 0.05) is 31.2 Å². The van der Waals surface area contributed by atoms with E-state index in [-0.39, 0.29) is 16.8 Å². The molecule has 1 saturated carbocycles. The summed E-state index contributed by atoms with van der Waals surface area (Å²) in [6.45, 7) is 3.02. The van der Waals surface area contributed by atoms with Crippen LogP contribution in [-0.2, 0) is 10.0 Å². The fraction of sp³-hybridized carbons (Fsp3) is 0.533. The predicted molar refractivity (Wildman–Crippen MR) is 83.2 cm³/mol. The molecule has 120 valence electrons. The average molecular weight is 323 g/mol. The molecule has 2 N–H and O–H groups in total. The number of hydrogen-bond acceptors (Lipinski definition) is 4. The number of nitrogens with zero attached hydrogens (tertiary/aromatic N) is 1. The van der Waals surface area contributed by atoms with E-state index in [1.54, 1.807) is 17.0 Å². The fourth-order valence-electron chi connectivity index (χ4n) is 2.52. The normalized spacial score (nSPS) is 19.7. The number of carbonyl (C=O) groups excluding carboxylic acids is 1. The van der Waals surface area contributed by atoms with Crippen molar-refractivity contribution in [3.8, 4) is 0 Å². The first kappa shape index (κ1) is 15.5. The topological polar surface area (TPSA) is 78.5 Å². The Labute approximate surface area is 130 Å². The second-order valence-corrected chi connectivity index (χ2v) is 7.53. The monoisotopic (exact) mass is 323 g/mol. The summed E-state index contributed by atoms with van der Waals surface area (Å²) in [5.74, 6) is -0.104. The molecule has 1 heterocycles. The summed E-state index contributed by atoms with van der Waals surface area (Å²) in [7, 11) is -3.52. The minimum absolute atomic E-state index is 0.0565. The third-order valence-corrected chi connectivity index (χ3v) is 5.44. The summed E-state index contributed by atoms with van der Waals surface area (Å²) in [4.78, 5) is 14.5. The maximum Gasteiger partial charge on any atom is 0.253 e. The molecule has 1 aromatic rings. The van der Waals surface area contributed by atoms with Gasteiger partial charge in [-0.1, -0.05) is 6.07 Å². The van der Waals surface area contributed by atoms with E-state index in [2.05, 4.69) is 10.0 Å². The maximum absolute atomic E-state index is 12.5. The van der Waals surface area contributed by atoms with E-state index in [9.17, 15) is 13.2 Å². The van der Waals surface area contributed by atoms with Crippen LogP contribution in [0.2, 0.25) is 0 Å². The third kappa shape index (κ3) is 3.66. The molecule has 0 bridgehead atoms. The Bertz CT molecular complexity index is 648. The van der Waals surface area contributed by atoms with E-state index in [1.165, 1.54) is 12.1 Å². The first-order chi connectivity index (χ1) is 10.6. The molecule has 0 spiro atoms. The number of amides is 1. The van der Waals surface area contributed by atoms with Gasteiger partial charge in [-0.15, -0.1) is 0 Å². The van der Waals surface area contributed by atoms with Crippen molar-refractivity contribution in [3.63, 3.8) is 0 Å². The highest BCUT2D eigenvalue weighted by molar-refractivity contribution is 7.89. The highest BCUT2D eigenvalue weighted by Gasteiger charge is 2.28. The molecule has 1 aliphatic carbocycles. The second-order valence-electron chi connectivity index (χ2n) is 5.82. The van der Waals surface area contributed by atoms with E-state index in [0.717, 1.165) is 32.4 Å². The predicted octanol–water partition coefficient (Wildman–Crippen LogP) is 0.563. The van der Waals surface area contributed by atoms with Crippen molar-refractivity contribution in [2.24, 2.45) is 0 Å². The first-order valence-corrected chi connectivity index (χ1v) is 9.17. The first-order valence-electron chi connectivity index (χ1n) is 7.69. The van der Waals surface area contributed by atoms with E-state index in [0.29, 0.717) is 18.7 Å². The Balaban J connectivity index is 1.79. The lowest BCUT2D eigenvalue weighted by Gasteiger charge is -2.20. The summed E-state index contributed by atoms with van der Waals surface area (Å²) in [5.41, 5.74) is 0.431. The zero-order valence-corrected chi connectivity index (χ0v) is 13.2. The van der Waals surface area contributed by atoms with Crippen molar-refractivity contribution in [2.45, 2.75) is 30.2 Å². The number of hydrogen-bond donors (Lipinski definition) is 2. The van der Waals surface area contributed by atoms with Crippen molar-refractivity contribution < 1.29 is 13.2 Å². The van der Waals surface area contributed by atoms with Crippen molar-refractivity contribution >= 4 is 15.9 Å². The van der Waals surface area contributed by atoms with Crippen LogP contribution in [-0.4, -0.2) is 51.4 Å². The standard InChI is InChI=1S/C15H21N3O3S/c19-15(18-9-2-7-16-8-10-18)12-3-1-4-14(11-12)22(20,21)17-13-5-6-13/h1,3-4,11,13,16-17H,2,5-10H2. The van der Waals surface area contributed by atoms with E-state index >= 15 is 0 Å². The number of sulfonamides is 1. The van der Waals surface area contributed by atoms with Gasteiger partial charge in [0.05, 0.1) is 4.90 Å². The van der Waals surface area contributed by atoms with Gasteiger partial charge in [0.15, 0.2) is 0 Å². The number of nitrogens with one attached hydrogen (secondary N) is 2. The molecule has 3 rings (SSSR count). The Morgan fingerprint density at radius 1 is 1.23 bits per heavy atom. The van der Waals surface area contributed by atoms with Crippen molar-refractivity contribution in [1.29, 1.82) is 0 Å². The van der Waals surface area contributed by atoms with Crippen LogP contribution in [0.1, 0.15) is 29.6 Å². The van der Waals surface area contributed by atoms with Gasteiger partial charge < -0.3 is 10.2 Å². The van der Waals surface area contributed by atoms with Gasteiger partial charge in [0.1, 0.15) is 0 Å². The second kappa shape index (κ2) is 6.36. The van der Waals surface area contributed by atoms with Crippen LogP contribution >= 0.6 is 0 Å². The molecule has 6 nitrogen and oxygen atoms in total. The molecular formula is C15H21N3O3S. The van der Waals surface area contributed by atoms with Crippen molar-refractivity contribution in [2.75, 3.05) is 26.2 Å². The lowest BCUT2D eigenvalue weighted by molar-refractivity contribution is 0.0766. The average Bonchev–Trinajstić information content (AvgIpc) is 3.33. The van der Waals surface area contributed by atoms with Gasteiger partial charge in [-0.05, 0) is 44.0 Å². The van der Waals surface area contributed by atoms with E-state index in [1.807, 2.05) is 0 Å². The van der Waals surface area contributed by atoms with Gasteiger partial charge >= 0.3 is 0 Å². The van der Waals surface area contributed by atoms with Crippen LogP contribution in [0.15, 0.2) is 29.2 Å². The molecule has 0 atom stereocenters. The molecule has 2 aliphatic rings. The lowest BCUT2D eigenvalue weighted by Crippen LogP contribution is -2.34. The number of rotatable bonds is 4. The van der Waals surface area contributed by atoms with Gasteiger partial charge in [-0.3, -0.25) is 4.79 Å². The van der Waals surface area contributed by atoms with E-state index < -0.39 is 10.0 Å². The Hall–Kier alpha value is -1.44. The minimum atomic E-state index is -3.52. The van der Waals surface area contributed by atoms with Crippen LogP contribution < -0.4 is 10.0 Å². The molecule has 0 unspecified atom stereocenters. The van der Waals surface area contributed by atoms with Crippen LogP contribution in [0.4, 0.5) is 0 Å². The minimum Gasteiger partial charge on any atom is -0.337 e. The quantitative estimate of drug-likeness (QED) is 0.849. The molecule has 0 radical (unpaired) electrons. The summed E-state index contributed by atoms with van der Waals surface area (Å²) < 4.78 is 27.1. The van der Waals surface area contributed by atoms with Gasteiger partial charge in [-0.2, -0.15) is 0 Å². The van der Waals surface area contributed by atoms with Crippen molar-refractivity contribution in [3.05, 3.63) is 29.8 Å². The summed E-state index contributed by atoms with van der Waals surface area (Å²) in [6.07, 6.45) is 2.68. The van der Waals surface area contributed by atoms with Crippen LogP contribution in [0.25, 0.3) is 0 Å². The SMILES string of the molecule is O=C(c1cccc(S(=O)(=O)NC2CC2)c1)N1CCCNCC1. The Morgan fingerprint density at radius 2 is 2.05 bits per heavy atom. The van der Waals surface area contributed by atoms with Crippen molar-refractivity contribution in [1.82, 2.24) is 14.9 Å². The number of benzene rings is 1. The highest BCUT2D eigenvalue weighted by Crippen LogP contribution is 2.22. The molecule has 0 aromatic heterocycles. The lowest BCUT2D eigenvalue weighted by atomic mass is 10.2. The molecule has 7 heteroatoms. The highest BCUT2D eigenvalue weighted by atomic mass is 32.2. The van der Waals surface area contributed by atoms with Crippen LogP contribution in [0.3, 0.4) is 0 Å². The molecule has 22 heavy (non-hydrogen) atoms. The summed E-state index contributed by atoms with van der Waals surface area (Å²) in [5, 5.41) is 3.25. The molecule has 1 amide bonds. The molecule has 1 aliphatic heterocycles. The molecule has 1 aromatic carbocycles. The molecule has 1 saturated heterocycles. The largest absolute Gasteiger partial charge is 0.337 e. The Morgan fingerprint density at radius 3 is 2.82 bits per heavy atom. The maximum atomic E-state index is 12.5. The Kier molecular flexibility index (Phi) is 4.46. The van der Waals surface area contributed by atoms with Gasteiger partial charge in [-0.25, -0.2) is 13.1 Å². The molecule has 2 fully saturated rings. The van der Waals surface area contributed by atoms with Gasteiger partial charge in [0.25, 0.3) is 5.91 Å². The smallest absolute Gasteiger partial charge is 0.253 e. The molecular weight excluding hydrogens is 302 g/mol. The zero-order valence-electron chi connectivity index (χ0n) is 12.4. The third-order valence-electron chi connectivity index (χ3n) is 3.92. The fourth-order valence-corrected chi connectivity index (χ4v) is 3.87. The van der Waals surface area contributed by atoms with Crippen LogP contribution in [0, 0.1) is 0 Å². The summed E-state index contributed by atoms with van der Waals surface area (Å²) in [6, 6.07) is 6.37. The zero-order chi connectivity index (χ0) is 15.6. The summed E-state index contributed by atoms with van der Waals surface area (Å²) >= 11 is 0. The van der Waals surface area contributed by atoms with Gasteiger partial charge in [0.2, 0.25) is 10.0 Å². The van der Waals surface area contributed by atoms with E-state index in [4.69, 9.17) is 0 Å². The van der Waals surface area contributed by atoms with Crippen LogP contribution in [0.5, 0.6) is 0 Å². The number of carbonyl (C=O) groups is 1.